The summed E-state index contributed by atoms with van der Waals surface area (Å²) in [4.78, 5) is 2.33. The number of rotatable bonds is 9. The predicted octanol–water partition coefficient (Wildman–Crippen LogP) is 4.68. The number of ether oxygens (including phenoxy) is 2. The Hall–Kier alpha value is -2.39. The van der Waals surface area contributed by atoms with Gasteiger partial charge in [-0.3, -0.25) is 0 Å². The van der Waals surface area contributed by atoms with Crippen molar-refractivity contribution in [2.45, 2.75) is 45.9 Å². The van der Waals surface area contributed by atoms with Gasteiger partial charge in [-0.15, -0.1) is 0 Å². The third kappa shape index (κ3) is 6.54. The van der Waals surface area contributed by atoms with E-state index in [9.17, 15) is 0 Å². The lowest BCUT2D eigenvalue weighted by molar-refractivity contribution is -0.225. The van der Waals surface area contributed by atoms with Crippen molar-refractivity contribution in [1.29, 1.82) is 5.26 Å². The van der Waals surface area contributed by atoms with Crippen LogP contribution in [0, 0.1) is 16.7 Å². The lowest BCUT2D eigenvalue weighted by Crippen LogP contribution is -2.45. The van der Waals surface area contributed by atoms with Crippen LogP contribution >= 0.6 is 0 Å². The van der Waals surface area contributed by atoms with Gasteiger partial charge in [-0.2, -0.15) is 5.26 Å². The first-order valence-electron chi connectivity index (χ1n) is 11.1. The minimum absolute atomic E-state index is 0.0240. The van der Waals surface area contributed by atoms with E-state index in [2.05, 4.69) is 61.3 Å². The Kier molecular flexibility index (Phi) is 8.09. The minimum atomic E-state index is -0.186. The second-order valence-electron chi connectivity index (χ2n) is 9.16. The molecule has 1 aliphatic heterocycles. The third-order valence-electron chi connectivity index (χ3n) is 5.86. The first-order chi connectivity index (χ1) is 14.9. The molecule has 0 saturated carbocycles. The van der Waals surface area contributed by atoms with Crippen LogP contribution in [0.15, 0.2) is 48.5 Å². The molecule has 0 unspecified atom stereocenters. The molecule has 3 rings (SSSR count). The highest BCUT2D eigenvalue weighted by Crippen LogP contribution is 2.26. The van der Waals surface area contributed by atoms with Gasteiger partial charge in [0.05, 0.1) is 24.8 Å². The molecule has 5 heteroatoms. The van der Waals surface area contributed by atoms with Gasteiger partial charge in [-0.25, -0.2) is 0 Å². The second-order valence-corrected chi connectivity index (χ2v) is 9.16. The first kappa shape index (κ1) is 23.3. The number of nitrogens with zero attached hydrogens (tertiary/aromatic N) is 2. The summed E-state index contributed by atoms with van der Waals surface area (Å²) in [6.07, 6.45) is 0.605. The second kappa shape index (κ2) is 10.8. The summed E-state index contributed by atoms with van der Waals surface area (Å²) in [5.74, 6) is 0.526. The topological polar surface area (TPSA) is 57.5 Å². The van der Waals surface area contributed by atoms with Crippen LogP contribution in [0.25, 0.3) is 0 Å². The maximum Gasteiger partial charge on any atom is 0.159 e. The normalized spacial score (nSPS) is 21.1. The molecule has 1 saturated heterocycles. The molecule has 0 aliphatic carbocycles. The lowest BCUT2D eigenvalue weighted by atomic mass is 9.92. The van der Waals surface area contributed by atoms with E-state index in [0.717, 1.165) is 31.7 Å². The van der Waals surface area contributed by atoms with Crippen LogP contribution < -0.4 is 10.2 Å². The average molecular weight is 422 g/mol. The highest BCUT2D eigenvalue weighted by atomic mass is 16.7. The average Bonchev–Trinajstić information content (AvgIpc) is 2.78. The molecular weight excluding hydrogens is 386 g/mol. The number of benzene rings is 2. The minimum Gasteiger partial charge on any atom is -0.367 e. The van der Waals surface area contributed by atoms with Crippen molar-refractivity contribution in [2.75, 3.05) is 38.3 Å². The third-order valence-corrected chi connectivity index (χ3v) is 5.86. The van der Waals surface area contributed by atoms with Crippen molar-refractivity contribution in [1.82, 2.24) is 5.32 Å². The van der Waals surface area contributed by atoms with Gasteiger partial charge in [0.1, 0.15) is 0 Å². The summed E-state index contributed by atoms with van der Waals surface area (Å²) >= 11 is 0. The fourth-order valence-corrected chi connectivity index (χ4v) is 3.91. The SMILES string of the molecule is CNCC1(C)COC(CCN(Cc2ccc(C(C)C)cc2)c2ccc(C#N)cc2)OC1. The summed E-state index contributed by atoms with van der Waals surface area (Å²) in [7, 11) is 1.96. The molecule has 5 nitrogen and oxygen atoms in total. The molecule has 1 N–H and O–H groups in total. The molecule has 0 radical (unpaired) electrons. The van der Waals surface area contributed by atoms with E-state index in [1.165, 1.54) is 11.1 Å². The molecule has 0 aromatic heterocycles. The highest BCUT2D eigenvalue weighted by Gasteiger charge is 2.32. The van der Waals surface area contributed by atoms with Crippen LogP contribution in [0.4, 0.5) is 5.69 Å². The van der Waals surface area contributed by atoms with E-state index in [4.69, 9.17) is 14.7 Å². The van der Waals surface area contributed by atoms with E-state index in [1.54, 1.807) is 0 Å². The Morgan fingerprint density at radius 1 is 1.10 bits per heavy atom. The first-order valence-corrected chi connectivity index (χ1v) is 11.1. The van der Waals surface area contributed by atoms with Crippen molar-refractivity contribution in [2.24, 2.45) is 5.41 Å². The summed E-state index contributed by atoms with van der Waals surface area (Å²) in [5.41, 5.74) is 4.41. The van der Waals surface area contributed by atoms with Crippen LogP contribution in [0.5, 0.6) is 0 Å². The fraction of sp³-hybridized carbons (Fsp3) is 0.500. The quantitative estimate of drug-likeness (QED) is 0.637. The maximum absolute atomic E-state index is 9.13. The lowest BCUT2D eigenvalue weighted by Gasteiger charge is -2.38. The molecule has 1 aliphatic rings. The van der Waals surface area contributed by atoms with E-state index in [1.807, 2.05) is 31.3 Å². The monoisotopic (exact) mass is 421 g/mol. The van der Waals surface area contributed by atoms with Crippen molar-refractivity contribution in [3.8, 4) is 6.07 Å². The summed E-state index contributed by atoms with van der Waals surface area (Å²) in [5, 5.41) is 12.3. The van der Waals surface area contributed by atoms with Crippen molar-refractivity contribution >= 4 is 5.69 Å². The summed E-state index contributed by atoms with van der Waals surface area (Å²) < 4.78 is 12.1. The van der Waals surface area contributed by atoms with E-state index in [0.29, 0.717) is 24.7 Å². The Morgan fingerprint density at radius 2 is 1.74 bits per heavy atom. The smallest absolute Gasteiger partial charge is 0.159 e. The van der Waals surface area contributed by atoms with Gasteiger partial charge in [0.2, 0.25) is 0 Å². The van der Waals surface area contributed by atoms with Crippen molar-refractivity contribution in [3.63, 3.8) is 0 Å². The molecule has 31 heavy (non-hydrogen) atoms. The van der Waals surface area contributed by atoms with E-state index < -0.39 is 0 Å². The van der Waals surface area contributed by atoms with Gasteiger partial charge in [-0.1, -0.05) is 45.0 Å². The Balaban J connectivity index is 1.66. The zero-order valence-electron chi connectivity index (χ0n) is 19.2. The molecule has 2 aromatic carbocycles. The standard InChI is InChI=1S/C26H35N3O2/c1-20(2)23-9-5-22(6-10-23)16-29(24-11-7-21(15-27)8-12-24)14-13-25-30-18-26(3,17-28-4)19-31-25/h5-12,20,25,28H,13-14,16-19H2,1-4H3. The number of nitriles is 1. The van der Waals surface area contributed by atoms with Crippen molar-refractivity contribution < 1.29 is 9.47 Å². The van der Waals surface area contributed by atoms with Crippen LogP contribution in [0.2, 0.25) is 0 Å². The van der Waals surface area contributed by atoms with Crippen LogP contribution in [-0.4, -0.2) is 39.6 Å². The Bertz CT molecular complexity index is 848. The molecule has 0 bridgehead atoms. The molecule has 2 aromatic rings. The number of hydrogen-bond donors (Lipinski definition) is 1. The molecule has 1 heterocycles. The molecule has 1 fully saturated rings. The number of hydrogen-bond acceptors (Lipinski definition) is 5. The van der Waals surface area contributed by atoms with Gasteiger partial charge in [0, 0.05) is 37.2 Å². The Morgan fingerprint density at radius 3 is 2.29 bits per heavy atom. The molecule has 0 spiro atoms. The van der Waals surface area contributed by atoms with Gasteiger partial charge in [0.15, 0.2) is 6.29 Å². The number of anilines is 1. The number of nitrogens with one attached hydrogen (secondary N) is 1. The van der Waals surface area contributed by atoms with Crippen LogP contribution in [-0.2, 0) is 16.0 Å². The van der Waals surface area contributed by atoms with Gasteiger partial charge in [-0.05, 0) is 48.4 Å². The van der Waals surface area contributed by atoms with Gasteiger partial charge >= 0.3 is 0 Å². The molecule has 0 atom stereocenters. The van der Waals surface area contributed by atoms with Crippen molar-refractivity contribution in [3.05, 3.63) is 65.2 Å². The van der Waals surface area contributed by atoms with Gasteiger partial charge in [0.25, 0.3) is 0 Å². The molecule has 166 valence electrons. The zero-order chi connectivity index (χ0) is 22.3. The van der Waals surface area contributed by atoms with Crippen LogP contribution in [0.1, 0.15) is 49.8 Å². The zero-order valence-corrected chi connectivity index (χ0v) is 19.2. The van der Waals surface area contributed by atoms with Gasteiger partial charge < -0.3 is 19.7 Å². The maximum atomic E-state index is 9.13. The molecule has 0 amide bonds. The Labute approximate surface area is 187 Å². The largest absolute Gasteiger partial charge is 0.367 e. The van der Waals surface area contributed by atoms with E-state index in [-0.39, 0.29) is 11.7 Å². The summed E-state index contributed by atoms with van der Waals surface area (Å²) in [6.45, 7) is 10.5. The predicted molar refractivity (Wildman–Crippen MR) is 125 cm³/mol. The summed E-state index contributed by atoms with van der Waals surface area (Å²) in [6, 6.07) is 18.8. The molecular formula is C26H35N3O2. The van der Waals surface area contributed by atoms with Crippen LogP contribution in [0.3, 0.4) is 0 Å². The fourth-order valence-electron chi connectivity index (χ4n) is 3.91. The van der Waals surface area contributed by atoms with E-state index >= 15 is 0 Å². The highest BCUT2D eigenvalue weighted by molar-refractivity contribution is 5.50.